The van der Waals surface area contributed by atoms with Crippen LogP contribution in [0.4, 0.5) is 17.3 Å². The lowest BCUT2D eigenvalue weighted by atomic mass is 10.0. The molecule has 0 fully saturated rings. The zero-order chi connectivity index (χ0) is 12.3. The minimum Gasteiger partial charge on any atom is -0.397 e. The van der Waals surface area contributed by atoms with Crippen LogP contribution in [-0.4, -0.2) is 10.5 Å². The highest BCUT2D eigenvalue weighted by molar-refractivity contribution is 5.69. The van der Waals surface area contributed by atoms with E-state index in [1.807, 2.05) is 19.9 Å². The Kier molecular flexibility index (Phi) is 3.23. The second-order valence-electron chi connectivity index (χ2n) is 4.33. The Bertz CT molecular complexity index is 431. The van der Waals surface area contributed by atoms with Gasteiger partial charge in [0.1, 0.15) is 23.3 Å². The Morgan fingerprint density at radius 3 is 2.62 bits per heavy atom. The standard InChI is InChI=1S/C11H17N5/c1-4-11(2,3)16-10-7(6-12)8(13)5-9(14)15-10/h5H,4H2,1-3H3,(H5,13,14,15,16). The Balaban J connectivity index is 3.18. The molecule has 16 heavy (non-hydrogen) atoms. The normalized spacial score (nSPS) is 10.9. The number of nitrogens with zero attached hydrogens (tertiary/aromatic N) is 2. The maximum Gasteiger partial charge on any atom is 0.148 e. The van der Waals surface area contributed by atoms with E-state index < -0.39 is 0 Å². The summed E-state index contributed by atoms with van der Waals surface area (Å²) in [5.74, 6) is 0.762. The van der Waals surface area contributed by atoms with Crippen LogP contribution in [0.25, 0.3) is 0 Å². The maximum absolute atomic E-state index is 9.01. The molecule has 0 bridgehead atoms. The summed E-state index contributed by atoms with van der Waals surface area (Å²) < 4.78 is 0. The van der Waals surface area contributed by atoms with Crippen LogP contribution in [0.1, 0.15) is 32.8 Å². The largest absolute Gasteiger partial charge is 0.397 e. The van der Waals surface area contributed by atoms with Gasteiger partial charge in [0.25, 0.3) is 0 Å². The minimum atomic E-state index is -0.154. The van der Waals surface area contributed by atoms with E-state index in [1.54, 1.807) is 0 Å². The van der Waals surface area contributed by atoms with Crippen molar-refractivity contribution >= 4 is 17.3 Å². The molecule has 1 aromatic rings. The molecule has 0 atom stereocenters. The number of rotatable bonds is 3. The highest BCUT2D eigenvalue weighted by Crippen LogP contribution is 2.25. The lowest BCUT2D eigenvalue weighted by molar-refractivity contribution is 0.545. The van der Waals surface area contributed by atoms with Crippen molar-refractivity contribution in [2.24, 2.45) is 0 Å². The van der Waals surface area contributed by atoms with Gasteiger partial charge in [-0.1, -0.05) is 6.92 Å². The van der Waals surface area contributed by atoms with E-state index in [0.29, 0.717) is 22.9 Å². The first-order valence-electron chi connectivity index (χ1n) is 5.14. The summed E-state index contributed by atoms with van der Waals surface area (Å²) in [5, 5.41) is 12.2. The molecular formula is C11H17N5. The summed E-state index contributed by atoms with van der Waals surface area (Å²) >= 11 is 0. The third-order valence-electron chi connectivity index (χ3n) is 2.52. The van der Waals surface area contributed by atoms with Gasteiger partial charge < -0.3 is 16.8 Å². The summed E-state index contributed by atoms with van der Waals surface area (Å²) in [5.41, 5.74) is 11.9. The van der Waals surface area contributed by atoms with E-state index in [9.17, 15) is 0 Å². The first-order chi connectivity index (χ1) is 7.39. The number of nitrogens with two attached hydrogens (primary N) is 2. The predicted molar refractivity (Wildman–Crippen MR) is 65.8 cm³/mol. The van der Waals surface area contributed by atoms with Crippen LogP contribution in [0.2, 0.25) is 0 Å². The lowest BCUT2D eigenvalue weighted by Gasteiger charge is -2.26. The maximum atomic E-state index is 9.01. The number of pyridine rings is 1. The molecule has 0 spiro atoms. The SMILES string of the molecule is CCC(C)(C)Nc1nc(N)cc(N)c1C#N. The van der Waals surface area contributed by atoms with Crippen LogP contribution in [0.3, 0.4) is 0 Å². The summed E-state index contributed by atoms with van der Waals surface area (Å²) in [6.45, 7) is 6.10. The first kappa shape index (κ1) is 12.1. The van der Waals surface area contributed by atoms with Crippen molar-refractivity contribution in [3.63, 3.8) is 0 Å². The zero-order valence-corrected chi connectivity index (χ0v) is 9.83. The van der Waals surface area contributed by atoms with Gasteiger partial charge in [-0.25, -0.2) is 4.98 Å². The summed E-state index contributed by atoms with van der Waals surface area (Å²) in [6.07, 6.45) is 0.897. The molecule has 0 amide bonds. The van der Waals surface area contributed by atoms with E-state index in [0.717, 1.165) is 6.42 Å². The van der Waals surface area contributed by atoms with Crippen molar-refractivity contribution in [2.45, 2.75) is 32.7 Å². The lowest BCUT2D eigenvalue weighted by Crippen LogP contribution is -2.30. The molecule has 5 N–H and O–H groups in total. The number of anilines is 3. The van der Waals surface area contributed by atoms with Gasteiger partial charge in [-0.2, -0.15) is 5.26 Å². The molecule has 0 aliphatic heterocycles. The topological polar surface area (TPSA) is 101 Å². The van der Waals surface area contributed by atoms with E-state index >= 15 is 0 Å². The van der Waals surface area contributed by atoms with Crippen LogP contribution >= 0.6 is 0 Å². The van der Waals surface area contributed by atoms with Crippen molar-refractivity contribution in [3.8, 4) is 6.07 Å². The molecule has 0 aliphatic rings. The fourth-order valence-corrected chi connectivity index (χ4v) is 1.20. The molecular weight excluding hydrogens is 202 g/mol. The van der Waals surface area contributed by atoms with Crippen LogP contribution in [-0.2, 0) is 0 Å². The van der Waals surface area contributed by atoms with Crippen molar-refractivity contribution in [2.75, 3.05) is 16.8 Å². The van der Waals surface area contributed by atoms with Gasteiger partial charge in [0, 0.05) is 11.6 Å². The molecule has 0 unspecified atom stereocenters. The van der Waals surface area contributed by atoms with Gasteiger partial charge >= 0.3 is 0 Å². The van der Waals surface area contributed by atoms with E-state index in [2.05, 4.69) is 17.2 Å². The molecule has 1 rings (SSSR count). The van der Waals surface area contributed by atoms with Crippen LogP contribution < -0.4 is 16.8 Å². The van der Waals surface area contributed by atoms with Crippen molar-refractivity contribution in [1.29, 1.82) is 5.26 Å². The van der Waals surface area contributed by atoms with E-state index in [1.165, 1.54) is 6.07 Å². The minimum absolute atomic E-state index is 0.154. The highest BCUT2D eigenvalue weighted by Gasteiger charge is 2.18. The highest BCUT2D eigenvalue weighted by atomic mass is 15.1. The number of nitrogens with one attached hydrogen (secondary N) is 1. The number of nitriles is 1. The Labute approximate surface area is 95.5 Å². The second kappa shape index (κ2) is 4.27. The zero-order valence-electron chi connectivity index (χ0n) is 9.83. The van der Waals surface area contributed by atoms with E-state index in [-0.39, 0.29) is 5.54 Å². The van der Waals surface area contributed by atoms with Gasteiger partial charge in [-0.3, -0.25) is 0 Å². The molecule has 0 aromatic carbocycles. The molecule has 0 radical (unpaired) electrons. The summed E-state index contributed by atoms with van der Waals surface area (Å²) in [7, 11) is 0. The molecule has 0 saturated carbocycles. The van der Waals surface area contributed by atoms with Gasteiger partial charge in [-0.05, 0) is 20.3 Å². The predicted octanol–water partition coefficient (Wildman–Crippen LogP) is 1.72. The molecule has 86 valence electrons. The third-order valence-corrected chi connectivity index (χ3v) is 2.52. The van der Waals surface area contributed by atoms with Gasteiger partial charge in [0.2, 0.25) is 0 Å². The van der Waals surface area contributed by atoms with Gasteiger partial charge in [0.05, 0.1) is 5.69 Å². The Morgan fingerprint density at radius 1 is 1.50 bits per heavy atom. The smallest absolute Gasteiger partial charge is 0.148 e. The molecule has 0 aliphatic carbocycles. The fraction of sp³-hybridized carbons (Fsp3) is 0.455. The summed E-state index contributed by atoms with van der Waals surface area (Å²) in [4.78, 5) is 4.10. The van der Waals surface area contributed by atoms with Crippen LogP contribution in [0.15, 0.2) is 6.07 Å². The molecule has 5 heteroatoms. The second-order valence-corrected chi connectivity index (χ2v) is 4.33. The molecule has 1 heterocycles. The number of aromatic nitrogens is 1. The third kappa shape index (κ3) is 2.54. The quantitative estimate of drug-likeness (QED) is 0.718. The average Bonchev–Trinajstić information content (AvgIpc) is 2.16. The van der Waals surface area contributed by atoms with Gasteiger partial charge in [0.15, 0.2) is 0 Å². The van der Waals surface area contributed by atoms with Gasteiger partial charge in [-0.15, -0.1) is 0 Å². The summed E-state index contributed by atoms with van der Waals surface area (Å²) in [6, 6.07) is 3.52. The van der Waals surface area contributed by atoms with E-state index in [4.69, 9.17) is 16.7 Å². The van der Waals surface area contributed by atoms with Crippen LogP contribution in [0, 0.1) is 11.3 Å². The van der Waals surface area contributed by atoms with Crippen molar-refractivity contribution < 1.29 is 0 Å². The van der Waals surface area contributed by atoms with Crippen molar-refractivity contribution in [1.82, 2.24) is 4.98 Å². The monoisotopic (exact) mass is 219 g/mol. The average molecular weight is 219 g/mol. The Hall–Kier alpha value is -1.96. The van der Waals surface area contributed by atoms with Crippen molar-refractivity contribution in [3.05, 3.63) is 11.6 Å². The first-order valence-corrected chi connectivity index (χ1v) is 5.14. The molecule has 1 aromatic heterocycles. The number of hydrogen-bond acceptors (Lipinski definition) is 5. The number of nitrogen functional groups attached to an aromatic ring is 2. The Morgan fingerprint density at radius 2 is 2.12 bits per heavy atom. The van der Waals surface area contributed by atoms with Crippen LogP contribution in [0.5, 0.6) is 0 Å². The molecule has 5 nitrogen and oxygen atoms in total. The molecule has 0 saturated heterocycles. The number of hydrogen-bond donors (Lipinski definition) is 3. The fourth-order valence-electron chi connectivity index (χ4n) is 1.20.